The van der Waals surface area contributed by atoms with E-state index in [2.05, 4.69) is 21.7 Å². The van der Waals surface area contributed by atoms with Crippen molar-refractivity contribution < 1.29 is 19.2 Å². The fourth-order valence-corrected chi connectivity index (χ4v) is 4.62. The molecule has 5 rings (SSSR count). The van der Waals surface area contributed by atoms with E-state index in [4.69, 9.17) is 0 Å². The molecule has 0 radical (unpaired) electrons. The lowest BCUT2D eigenvalue weighted by atomic mass is 9.95. The summed E-state index contributed by atoms with van der Waals surface area (Å²) in [6.45, 7) is 1.49. The Morgan fingerprint density at radius 3 is 2.57 bits per heavy atom. The molecule has 0 aliphatic carbocycles. The molecule has 1 fully saturated rings. The number of fused-ring (bicyclic) bond motifs is 1. The molecule has 8 heteroatoms. The average Bonchev–Trinajstić information content (AvgIpc) is 3.12. The number of nitrogens with one attached hydrogen (secondary N) is 2. The summed E-state index contributed by atoms with van der Waals surface area (Å²) in [5.41, 5.74) is 4.60. The van der Waals surface area contributed by atoms with Gasteiger partial charge in [0.2, 0.25) is 11.8 Å². The molecule has 2 aliphatic rings. The maximum Gasteiger partial charge on any atom is 0.262 e. The fourth-order valence-electron chi connectivity index (χ4n) is 4.62. The molecule has 0 bridgehead atoms. The molecule has 3 heterocycles. The van der Waals surface area contributed by atoms with Gasteiger partial charge < -0.3 is 5.32 Å². The van der Waals surface area contributed by atoms with Crippen LogP contribution in [0.2, 0.25) is 0 Å². The molecule has 0 saturated carbocycles. The lowest BCUT2D eigenvalue weighted by molar-refractivity contribution is -0.136. The van der Waals surface area contributed by atoms with Crippen LogP contribution >= 0.6 is 0 Å². The lowest BCUT2D eigenvalue weighted by Gasteiger charge is -2.27. The van der Waals surface area contributed by atoms with Gasteiger partial charge in [-0.1, -0.05) is 36.4 Å². The van der Waals surface area contributed by atoms with E-state index in [1.807, 2.05) is 42.6 Å². The van der Waals surface area contributed by atoms with E-state index in [1.165, 1.54) is 0 Å². The quantitative estimate of drug-likeness (QED) is 0.407. The third kappa shape index (κ3) is 4.48. The number of rotatable bonds is 7. The first-order valence-corrected chi connectivity index (χ1v) is 11.6. The number of imide groups is 2. The van der Waals surface area contributed by atoms with Crippen LogP contribution in [0.15, 0.2) is 67.0 Å². The van der Waals surface area contributed by atoms with Crippen LogP contribution in [0.25, 0.3) is 11.1 Å². The van der Waals surface area contributed by atoms with Crippen LogP contribution < -0.4 is 10.6 Å². The molecule has 1 aromatic heterocycles. The second-order valence-electron chi connectivity index (χ2n) is 8.65. The highest BCUT2D eigenvalue weighted by atomic mass is 16.2. The number of carbonyl (C=O) groups excluding carboxylic acids is 4. The average molecular weight is 469 g/mol. The zero-order valence-corrected chi connectivity index (χ0v) is 19.0. The van der Waals surface area contributed by atoms with Gasteiger partial charge in [0.1, 0.15) is 6.04 Å². The smallest absolute Gasteiger partial charge is 0.262 e. The number of hydrogen-bond donors (Lipinski definition) is 2. The van der Waals surface area contributed by atoms with E-state index in [-0.39, 0.29) is 24.0 Å². The number of hydrogen-bond acceptors (Lipinski definition) is 6. The molecule has 4 amide bonds. The minimum absolute atomic E-state index is 0.0945. The van der Waals surface area contributed by atoms with Gasteiger partial charge in [0.25, 0.3) is 11.8 Å². The Morgan fingerprint density at radius 1 is 0.943 bits per heavy atom. The van der Waals surface area contributed by atoms with Gasteiger partial charge in [-0.15, -0.1) is 0 Å². The first-order valence-electron chi connectivity index (χ1n) is 11.6. The van der Waals surface area contributed by atoms with Crippen LogP contribution in [0, 0.1) is 0 Å². The molecule has 2 aliphatic heterocycles. The first kappa shape index (κ1) is 22.6. The monoisotopic (exact) mass is 468 g/mol. The highest BCUT2D eigenvalue weighted by molar-refractivity contribution is 6.23. The Balaban J connectivity index is 1.34. The van der Waals surface area contributed by atoms with Gasteiger partial charge in [-0.2, -0.15) is 0 Å². The molecule has 0 spiro atoms. The molecule has 1 saturated heterocycles. The normalized spacial score (nSPS) is 17.5. The minimum Gasteiger partial charge on any atom is -0.312 e. The number of piperidine rings is 1. The number of amides is 4. The van der Waals surface area contributed by atoms with Crippen molar-refractivity contribution in [2.45, 2.75) is 31.8 Å². The number of nitrogens with zero attached hydrogens (tertiary/aromatic N) is 2. The van der Waals surface area contributed by atoms with Crippen molar-refractivity contribution in [1.82, 2.24) is 20.5 Å². The van der Waals surface area contributed by atoms with E-state index in [9.17, 15) is 19.2 Å². The summed E-state index contributed by atoms with van der Waals surface area (Å²) in [6, 6.07) is 16.1. The number of carbonyl (C=O) groups is 4. The van der Waals surface area contributed by atoms with Gasteiger partial charge in [0, 0.05) is 25.4 Å². The first-order chi connectivity index (χ1) is 17.0. The highest BCUT2D eigenvalue weighted by Gasteiger charge is 2.44. The molecular weight excluding hydrogens is 444 g/mol. The van der Waals surface area contributed by atoms with E-state index < -0.39 is 29.7 Å². The van der Waals surface area contributed by atoms with Crippen molar-refractivity contribution in [2.75, 3.05) is 6.54 Å². The van der Waals surface area contributed by atoms with Crippen molar-refractivity contribution in [3.05, 3.63) is 89.2 Å². The number of benzene rings is 2. The SMILES string of the molecule is O=C1CCC(N2C(=O)c3ccc(-c4ccccc4CCNCc4cccnc4)cc3C2=O)C(=O)N1. The molecular formula is C27H24N4O4. The van der Waals surface area contributed by atoms with Crippen LogP contribution in [0.4, 0.5) is 0 Å². The number of aromatic nitrogens is 1. The maximum atomic E-state index is 13.2. The molecule has 1 unspecified atom stereocenters. The van der Waals surface area contributed by atoms with E-state index in [0.29, 0.717) is 0 Å². The van der Waals surface area contributed by atoms with Crippen molar-refractivity contribution >= 4 is 23.6 Å². The standard InChI is InChI=1S/C27H24N4O4/c32-24-10-9-23(25(33)30-24)31-26(34)21-8-7-19(14-22(21)27(31)35)20-6-2-1-5-18(20)11-13-29-16-17-4-3-12-28-15-17/h1-8,12,14-15,23,29H,9-11,13,16H2,(H,30,32,33). The summed E-state index contributed by atoms with van der Waals surface area (Å²) < 4.78 is 0. The molecule has 35 heavy (non-hydrogen) atoms. The molecule has 2 N–H and O–H groups in total. The second-order valence-corrected chi connectivity index (χ2v) is 8.65. The fraction of sp³-hybridized carbons (Fsp3) is 0.222. The summed E-state index contributed by atoms with van der Waals surface area (Å²) in [7, 11) is 0. The van der Waals surface area contributed by atoms with Gasteiger partial charge in [-0.05, 0) is 59.8 Å². The van der Waals surface area contributed by atoms with Gasteiger partial charge in [-0.25, -0.2) is 0 Å². The van der Waals surface area contributed by atoms with E-state index >= 15 is 0 Å². The lowest BCUT2D eigenvalue weighted by Crippen LogP contribution is -2.54. The van der Waals surface area contributed by atoms with Gasteiger partial charge >= 0.3 is 0 Å². The van der Waals surface area contributed by atoms with Crippen LogP contribution in [0.3, 0.4) is 0 Å². The van der Waals surface area contributed by atoms with Crippen LogP contribution in [-0.2, 0) is 22.6 Å². The van der Waals surface area contributed by atoms with Crippen molar-refractivity contribution in [2.24, 2.45) is 0 Å². The zero-order valence-electron chi connectivity index (χ0n) is 19.0. The summed E-state index contributed by atoms with van der Waals surface area (Å²) in [5.74, 6) is -2.01. The maximum absolute atomic E-state index is 13.2. The van der Waals surface area contributed by atoms with Crippen molar-refractivity contribution in [1.29, 1.82) is 0 Å². The van der Waals surface area contributed by atoms with Crippen LogP contribution in [0.5, 0.6) is 0 Å². The summed E-state index contributed by atoms with van der Waals surface area (Å²) >= 11 is 0. The Hall–Kier alpha value is -4.17. The molecule has 8 nitrogen and oxygen atoms in total. The molecule has 1 atom stereocenters. The number of pyridine rings is 1. The van der Waals surface area contributed by atoms with Gasteiger partial charge in [0.15, 0.2) is 0 Å². The third-order valence-electron chi connectivity index (χ3n) is 6.39. The van der Waals surface area contributed by atoms with Crippen molar-refractivity contribution in [3.8, 4) is 11.1 Å². The topological polar surface area (TPSA) is 108 Å². The summed E-state index contributed by atoms with van der Waals surface area (Å²) in [6.07, 6.45) is 4.60. The molecule has 2 aromatic carbocycles. The zero-order chi connectivity index (χ0) is 24.4. The summed E-state index contributed by atoms with van der Waals surface area (Å²) in [4.78, 5) is 55.0. The van der Waals surface area contributed by atoms with Crippen LogP contribution in [0.1, 0.15) is 44.7 Å². The predicted molar refractivity (Wildman–Crippen MR) is 128 cm³/mol. The largest absolute Gasteiger partial charge is 0.312 e. The predicted octanol–water partition coefficient (Wildman–Crippen LogP) is 2.48. The Kier molecular flexibility index (Phi) is 6.20. The third-order valence-corrected chi connectivity index (χ3v) is 6.39. The summed E-state index contributed by atoms with van der Waals surface area (Å²) in [5, 5.41) is 5.65. The van der Waals surface area contributed by atoms with Gasteiger partial charge in [0.05, 0.1) is 11.1 Å². The highest BCUT2D eigenvalue weighted by Crippen LogP contribution is 2.32. The van der Waals surface area contributed by atoms with Gasteiger partial charge in [-0.3, -0.25) is 34.4 Å². The molecule has 3 aromatic rings. The van der Waals surface area contributed by atoms with Crippen LogP contribution in [-0.4, -0.2) is 46.1 Å². The Bertz CT molecular complexity index is 1320. The minimum atomic E-state index is -0.971. The van der Waals surface area contributed by atoms with E-state index in [0.717, 1.165) is 46.7 Å². The Labute approximate surface area is 202 Å². The molecule has 176 valence electrons. The van der Waals surface area contributed by atoms with E-state index in [1.54, 1.807) is 18.3 Å². The Morgan fingerprint density at radius 2 is 1.77 bits per heavy atom. The second kappa shape index (κ2) is 9.60. The van der Waals surface area contributed by atoms with Crippen molar-refractivity contribution in [3.63, 3.8) is 0 Å².